The normalized spacial score (nSPS) is 12.3. The van der Waals surface area contributed by atoms with Gasteiger partial charge in [-0.25, -0.2) is 14.8 Å². The standard InChI is InChI=1S/C14H17N3O2/c1-3-6-12(14(18)19)17-13-9(2)15-10-7-4-5-8-11(10)16-13/h4-5,7-8,12H,3,6H2,1-2H3,(H,16,17)(H,18,19). The van der Waals surface area contributed by atoms with E-state index in [9.17, 15) is 4.79 Å². The second kappa shape index (κ2) is 5.65. The second-order valence-corrected chi connectivity index (χ2v) is 4.47. The molecule has 1 heterocycles. The van der Waals surface area contributed by atoms with Crippen molar-refractivity contribution in [1.82, 2.24) is 9.97 Å². The first-order valence-corrected chi connectivity index (χ1v) is 6.34. The molecule has 1 unspecified atom stereocenters. The van der Waals surface area contributed by atoms with Gasteiger partial charge in [-0.3, -0.25) is 0 Å². The maximum atomic E-state index is 11.2. The highest BCUT2D eigenvalue weighted by molar-refractivity contribution is 5.79. The van der Waals surface area contributed by atoms with Gasteiger partial charge in [-0.2, -0.15) is 0 Å². The molecule has 2 aromatic rings. The number of hydrogen-bond acceptors (Lipinski definition) is 4. The van der Waals surface area contributed by atoms with Gasteiger partial charge in [0, 0.05) is 0 Å². The molecule has 0 aliphatic heterocycles. The lowest BCUT2D eigenvalue weighted by atomic mass is 10.1. The molecule has 0 amide bonds. The minimum atomic E-state index is -0.865. The zero-order valence-electron chi connectivity index (χ0n) is 11.1. The number of rotatable bonds is 5. The SMILES string of the molecule is CCCC(Nc1nc2ccccc2nc1C)C(=O)O. The number of nitrogens with one attached hydrogen (secondary N) is 1. The Morgan fingerprint density at radius 1 is 1.32 bits per heavy atom. The molecule has 5 heteroatoms. The highest BCUT2D eigenvalue weighted by Gasteiger charge is 2.18. The van der Waals surface area contributed by atoms with Crippen LogP contribution in [0, 0.1) is 6.92 Å². The molecule has 2 rings (SSSR count). The number of carboxylic acid groups (broad SMARTS) is 1. The third-order valence-electron chi connectivity index (χ3n) is 2.93. The average Bonchev–Trinajstić information content (AvgIpc) is 2.38. The van der Waals surface area contributed by atoms with Gasteiger partial charge in [0.25, 0.3) is 0 Å². The van der Waals surface area contributed by atoms with Gasteiger partial charge in [-0.1, -0.05) is 25.5 Å². The summed E-state index contributed by atoms with van der Waals surface area (Å²) in [5, 5.41) is 12.1. The van der Waals surface area contributed by atoms with E-state index in [-0.39, 0.29) is 0 Å². The lowest BCUT2D eigenvalue weighted by molar-refractivity contribution is -0.138. The number of aromatic nitrogens is 2. The van der Waals surface area contributed by atoms with Crippen LogP contribution in [0.25, 0.3) is 11.0 Å². The first-order valence-electron chi connectivity index (χ1n) is 6.34. The van der Waals surface area contributed by atoms with Gasteiger partial charge in [-0.15, -0.1) is 0 Å². The summed E-state index contributed by atoms with van der Waals surface area (Å²) in [5.41, 5.74) is 2.28. The van der Waals surface area contributed by atoms with Crippen LogP contribution in [-0.2, 0) is 4.79 Å². The largest absolute Gasteiger partial charge is 0.480 e. The Bertz CT molecular complexity index is 598. The number of nitrogens with zero attached hydrogens (tertiary/aromatic N) is 2. The molecule has 0 spiro atoms. The first kappa shape index (κ1) is 13.3. The third-order valence-corrected chi connectivity index (χ3v) is 2.93. The van der Waals surface area contributed by atoms with E-state index in [1.54, 1.807) is 0 Å². The molecule has 1 atom stereocenters. The molecule has 0 radical (unpaired) electrons. The summed E-state index contributed by atoms with van der Waals surface area (Å²) in [4.78, 5) is 20.0. The maximum Gasteiger partial charge on any atom is 0.326 e. The van der Waals surface area contributed by atoms with Crippen molar-refractivity contribution in [2.75, 3.05) is 5.32 Å². The number of hydrogen-bond donors (Lipinski definition) is 2. The quantitative estimate of drug-likeness (QED) is 0.863. The van der Waals surface area contributed by atoms with Gasteiger partial charge >= 0.3 is 5.97 Å². The zero-order chi connectivity index (χ0) is 13.8. The predicted molar refractivity (Wildman–Crippen MR) is 74.2 cm³/mol. The van der Waals surface area contributed by atoms with Crippen LogP contribution in [0.1, 0.15) is 25.5 Å². The lowest BCUT2D eigenvalue weighted by Crippen LogP contribution is -2.29. The van der Waals surface area contributed by atoms with Gasteiger partial charge in [-0.05, 0) is 25.5 Å². The summed E-state index contributed by atoms with van der Waals surface area (Å²) in [5.74, 6) is -0.323. The Morgan fingerprint density at radius 3 is 2.53 bits per heavy atom. The molecule has 1 aromatic heterocycles. The number of aliphatic carboxylic acids is 1. The van der Waals surface area contributed by atoms with Crippen LogP contribution in [0.3, 0.4) is 0 Å². The molecule has 19 heavy (non-hydrogen) atoms. The van der Waals surface area contributed by atoms with Gasteiger partial charge in [0.05, 0.1) is 16.7 Å². The number of para-hydroxylation sites is 2. The fourth-order valence-electron chi connectivity index (χ4n) is 1.94. The molecular formula is C14H17N3O2. The van der Waals surface area contributed by atoms with Crippen LogP contribution >= 0.6 is 0 Å². The third kappa shape index (κ3) is 2.99. The molecule has 2 N–H and O–H groups in total. The van der Waals surface area contributed by atoms with E-state index in [1.165, 1.54) is 0 Å². The van der Waals surface area contributed by atoms with Gasteiger partial charge < -0.3 is 10.4 Å². The first-order chi connectivity index (χ1) is 9.11. The molecule has 0 bridgehead atoms. The highest BCUT2D eigenvalue weighted by Crippen LogP contribution is 2.17. The minimum Gasteiger partial charge on any atom is -0.480 e. The summed E-state index contributed by atoms with van der Waals surface area (Å²) in [6.45, 7) is 3.78. The molecule has 0 saturated heterocycles. The Hall–Kier alpha value is -2.17. The predicted octanol–water partition coefficient (Wildman–Crippen LogP) is 2.60. The summed E-state index contributed by atoms with van der Waals surface area (Å²) in [6.07, 6.45) is 1.35. The summed E-state index contributed by atoms with van der Waals surface area (Å²) < 4.78 is 0. The van der Waals surface area contributed by atoms with Crippen molar-refractivity contribution in [3.63, 3.8) is 0 Å². The lowest BCUT2D eigenvalue weighted by Gasteiger charge is -2.15. The molecule has 5 nitrogen and oxygen atoms in total. The molecule has 1 aromatic carbocycles. The number of benzene rings is 1. The fourth-order valence-corrected chi connectivity index (χ4v) is 1.94. The monoisotopic (exact) mass is 259 g/mol. The number of fused-ring (bicyclic) bond motifs is 1. The number of anilines is 1. The molecule has 0 saturated carbocycles. The number of carboxylic acids is 1. The van der Waals surface area contributed by atoms with E-state index >= 15 is 0 Å². The molecule has 0 fully saturated rings. The Morgan fingerprint density at radius 2 is 1.95 bits per heavy atom. The van der Waals surface area contributed by atoms with Crippen LogP contribution in [-0.4, -0.2) is 27.1 Å². The van der Waals surface area contributed by atoms with Crippen molar-refractivity contribution in [3.8, 4) is 0 Å². The maximum absolute atomic E-state index is 11.2. The fraction of sp³-hybridized carbons (Fsp3) is 0.357. The van der Waals surface area contributed by atoms with Gasteiger partial charge in [0.15, 0.2) is 0 Å². The molecule has 100 valence electrons. The van der Waals surface area contributed by atoms with E-state index in [4.69, 9.17) is 5.11 Å². The number of carbonyl (C=O) groups is 1. The van der Waals surface area contributed by atoms with Crippen LogP contribution in [0.5, 0.6) is 0 Å². The topological polar surface area (TPSA) is 75.1 Å². The van der Waals surface area contributed by atoms with Crippen molar-refractivity contribution < 1.29 is 9.90 Å². The number of aryl methyl sites for hydroxylation is 1. The minimum absolute atomic E-state index is 0.541. The van der Waals surface area contributed by atoms with Crippen molar-refractivity contribution >= 4 is 22.8 Å². The zero-order valence-corrected chi connectivity index (χ0v) is 11.1. The Labute approximate surface area is 111 Å². The van der Waals surface area contributed by atoms with Crippen LogP contribution in [0.4, 0.5) is 5.82 Å². The van der Waals surface area contributed by atoms with Crippen LogP contribution in [0.2, 0.25) is 0 Å². The highest BCUT2D eigenvalue weighted by atomic mass is 16.4. The van der Waals surface area contributed by atoms with Crippen molar-refractivity contribution in [1.29, 1.82) is 0 Å². The van der Waals surface area contributed by atoms with E-state index in [0.717, 1.165) is 17.5 Å². The molecule has 0 aliphatic carbocycles. The van der Waals surface area contributed by atoms with Crippen LogP contribution in [0.15, 0.2) is 24.3 Å². The van der Waals surface area contributed by atoms with E-state index < -0.39 is 12.0 Å². The Balaban J connectivity index is 2.33. The summed E-state index contributed by atoms with van der Waals surface area (Å²) in [6, 6.07) is 6.92. The molecule has 0 aliphatic rings. The van der Waals surface area contributed by atoms with Crippen molar-refractivity contribution in [2.24, 2.45) is 0 Å². The van der Waals surface area contributed by atoms with Gasteiger partial charge in [0.2, 0.25) is 0 Å². The van der Waals surface area contributed by atoms with E-state index in [1.807, 2.05) is 38.1 Å². The summed E-state index contributed by atoms with van der Waals surface area (Å²) >= 11 is 0. The second-order valence-electron chi connectivity index (χ2n) is 4.47. The molecular weight excluding hydrogens is 242 g/mol. The van der Waals surface area contributed by atoms with Crippen molar-refractivity contribution in [3.05, 3.63) is 30.0 Å². The van der Waals surface area contributed by atoms with Gasteiger partial charge in [0.1, 0.15) is 11.9 Å². The van der Waals surface area contributed by atoms with Crippen LogP contribution < -0.4 is 5.32 Å². The summed E-state index contributed by atoms with van der Waals surface area (Å²) in [7, 11) is 0. The van der Waals surface area contributed by atoms with E-state index in [2.05, 4.69) is 15.3 Å². The smallest absolute Gasteiger partial charge is 0.326 e. The van der Waals surface area contributed by atoms with Crippen molar-refractivity contribution in [2.45, 2.75) is 32.7 Å². The average molecular weight is 259 g/mol. The Kier molecular flexibility index (Phi) is 3.94. The van der Waals surface area contributed by atoms with E-state index in [0.29, 0.717) is 17.9 Å².